The van der Waals surface area contributed by atoms with Gasteiger partial charge in [-0.1, -0.05) is 24.4 Å². The van der Waals surface area contributed by atoms with Crippen LogP contribution in [0.5, 0.6) is 0 Å². The molecule has 0 radical (unpaired) electrons. The Hall–Kier alpha value is -1.02. The van der Waals surface area contributed by atoms with Gasteiger partial charge < -0.3 is 10.6 Å². The second kappa shape index (κ2) is 6.00. The molecule has 0 unspecified atom stereocenters. The number of hydrogen-bond donors (Lipinski definition) is 2. The summed E-state index contributed by atoms with van der Waals surface area (Å²) in [5, 5.41) is 0. The molecule has 7 heteroatoms. The fourth-order valence-corrected chi connectivity index (χ4v) is 3.73. The van der Waals surface area contributed by atoms with E-state index in [1.807, 2.05) is 14.1 Å². The summed E-state index contributed by atoms with van der Waals surface area (Å²) >= 11 is 4.86. The molecule has 1 fully saturated rings. The molecule has 0 atom stereocenters. The first-order valence-electron chi connectivity index (χ1n) is 6.84. The number of benzene rings is 1. The number of hydrogen-bond acceptors (Lipinski definition) is 4. The van der Waals surface area contributed by atoms with Gasteiger partial charge in [-0.25, -0.2) is 13.1 Å². The minimum Gasteiger partial charge on any atom is -0.389 e. The molecule has 1 aromatic carbocycles. The van der Waals surface area contributed by atoms with E-state index < -0.39 is 10.0 Å². The van der Waals surface area contributed by atoms with Crippen molar-refractivity contribution in [3.63, 3.8) is 0 Å². The fraction of sp³-hybridized carbons (Fsp3) is 0.500. The first-order valence-corrected chi connectivity index (χ1v) is 8.73. The van der Waals surface area contributed by atoms with Crippen molar-refractivity contribution in [2.45, 2.75) is 29.7 Å². The van der Waals surface area contributed by atoms with Crippen molar-refractivity contribution in [1.82, 2.24) is 9.62 Å². The number of thiocarbonyl (C=S) groups is 1. The second-order valence-electron chi connectivity index (χ2n) is 5.69. The summed E-state index contributed by atoms with van der Waals surface area (Å²) in [5.74, 6) is 0. The average Bonchev–Trinajstić information content (AvgIpc) is 2.37. The van der Waals surface area contributed by atoms with E-state index in [0.29, 0.717) is 12.1 Å². The van der Waals surface area contributed by atoms with Gasteiger partial charge in [0.2, 0.25) is 10.0 Å². The molecule has 0 aliphatic heterocycles. The summed E-state index contributed by atoms with van der Waals surface area (Å²) in [6.45, 7) is 0.430. The average molecular weight is 327 g/mol. The van der Waals surface area contributed by atoms with Crippen molar-refractivity contribution in [2.24, 2.45) is 5.73 Å². The summed E-state index contributed by atoms with van der Waals surface area (Å²) in [6.07, 6.45) is 3.17. The smallest absolute Gasteiger partial charge is 0.240 e. The van der Waals surface area contributed by atoms with Crippen LogP contribution in [0.3, 0.4) is 0 Å². The Balaban J connectivity index is 2.10. The Morgan fingerprint density at radius 1 is 1.33 bits per heavy atom. The zero-order valence-electron chi connectivity index (χ0n) is 12.3. The highest BCUT2D eigenvalue weighted by atomic mass is 32.2. The molecule has 0 saturated heterocycles. The van der Waals surface area contributed by atoms with E-state index in [9.17, 15) is 8.42 Å². The van der Waals surface area contributed by atoms with Crippen LogP contribution in [0.2, 0.25) is 0 Å². The lowest BCUT2D eigenvalue weighted by Gasteiger charge is -2.47. The molecule has 3 N–H and O–H groups in total. The molecule has 5 nitrogen and oxygen atoms in total. The molecule has 2 rings (SSSR count). The highest BCUT2D eigenvalue weighted by Crippen LogP contribution is 2.35. The molecular weight excluding hydrogens is 306 g/mol. The van der Waals surface area contributed by atoms with E-state index in [4.69, 9.17) is 18.0 Å². The van der Waals surface area contributed by atoms with Crippen molar-refractivity contribution in [3.05, 3.63) is 29.8 Å². The van der Waals surface area contributed by atoms with Crippen LogP contribution in [-0.2, 0) is 10.0 Å². The molecule has 21 heavy (non-hydrogen) atoms. The number of rotatable bonds is 6. The van der Waals surface area contributed by atoms with Crippen LogP contribution in [0, 0.1) is 0 Å². The maximum absolute atomic E-state index is 12.3. The van der Waals surface area contributed by atoms with Gasteiger partial charge in [0.15, 0.2) is 0 Å². The van der Waals surface area contributed by atoms with E-state index in [0.717, 1.165) is 19.3 Å². The van der Waals surface area contributed by atoms with Crippen LogP contribution < -0.4 is 10.5 Å². The van der Waals surface area contributed by atoms with Gasteiger partial charge in [-0.15, -0.1) is 0 Å². The van der Waals surface area contributed by atoms with Gasteiger partial charge in [0.25, 0.3) is 0 Å². The number of nitrogens with one attached hydrogen (secondary N) is 1. The molecular formula is C14H21N3O2S2. The Kier molecular flexibility index (Phi) is 4.67. The quantitative estimate of drug-likeness (QED) is 0.765. The van der Waals surface area contributed by atoms with Gasteiger partial charge in [-0.05, 0) is 45.5 Å². The first-order chi connectivity index (χ1) is 9.77. The summed E-state index contributed by atoms with van der Waals surface area (Å²) in [4.78, 5) is 2.60. The summed E-state index contributed by atoms with van der Waals surface area (Å²) in [5.41, 5.74) is 6.12. The second-order valence-corrected chi connectivity index (χ2v) is 7.89. The lowest BCUT2D eigenvalue weighted by molar-refractivity contribution is 0.0657. The Morgan fingerprint density at radius 2 is 1.90 bits per heavy atom. The highest BCUT2D eigenvalue weighted by Gasteiger charge is 2.39. The number of sulfonamides is 1. The van der Waals surface area contributed by atoms with Crippen LogP contribution >= 0.6 is 12.2 Å². The van der Waals surface area contributed by atoms with Crippen molar-refractivity contribution in [3.8, 4) is 0 Å². The maximum atomic E-state index is 12.3. The van der Waals surface area contributed by atoms with Gasteiger partial charge in [-0.3, -0.25) is 0 Å². The Labute approximate surface area is 131 Å². The van der Waals surface area contributed by atoms with Crippen molar-refractivity contribution in [1.29, 1.82) is 0 Å². The van der Waals surface area contributed by atoms with Crippen molar-refractivity contribution >= 4 is 27.2 Å². The standard InChI is InChI=1S/C14H21N3O2S2/c1-17(2)14(8-3-9-14)10-16-21(18,19)12-6-4-11(5-7-12)13(15)20/h4-7,16H,3,8-10H2,1-2H3,(H2,15,20). The molecule has 0 aromatic heterocycles. The van der Waals surface area contributed by atoms with Crippen molar-refractivity contribution < 1.29 is 8.42 Å². The Morgan fingerprint density at radius 3 is 2.29 bits per heavy atom. The number of nitrogens with zero attached hydrogens (tertiary/aromatic N) is 1. The van der Waals surface area contributed by atoms with Gasteiger partial charge in [0, 0.05) is 17.6 Å². The summed E-state index contributed by atoms with van der Waals surface area (Å²) < 4.78 is 27.4. The van der Waals surface area contributed by atoms with E-state index in [-0.39, 0.29) is 15.4 Å². The molecule has 1 aliphatic carbocycles. The van der Waals surface area contributed by atoms with Gasteiger partial charge in [0.05, 0.1) is 4.90 Å². The number of likely N-dealkylation sites (N-methyl/N-ethyl adjacent to an activating group) is 1. The molecule has 0 spiro atoms. The molecule has 0 bridgehead atoms. The Bertz CT molecular complexity index is 620. The van der Waals surface area contributed by atoms with E-state index in [1.54, 1.807) is 12.1 Å². The molecule has 116 valence electrons. The predicted molar refractivity (Wildman–Crippen MR) is 87.8 cm³/mol. The lowest BCUT2D eigenvalue weighted by atomic mass is 9.76. The van der Waals surface area contributed by atoms with E-state index >= 15 is 0 Å². The first kappa shape index (κ1) is 16.4. The van der Waals surface area contributed by atoms with Crippen LogP contribution in [-0.4, -0.2) is 44.5 Å². The fourth-order valence-electron chi connectivity index (χ4n) is 2.48. The highest BCUT2D eigenvalue weighted by molar-refractivity contribution is 7.89. The topological polar surface area (TPSA) is 75.4 Å². The van der Waals surface area contributed by atoms with Gasteiger partial charge >= 0.3 is 0 Å². The predicted octanol–water partition coefficient (Wildman–Crippen LogP) is 1.08. The minimum atomic E-state index is -3.51. The normalized spacial score (nSPS) is 17.5. The summed E-state index contributed by atoms with van der Waals surface area (Å²) in [7, 11) is 0.475. The van der Waals surface area contributed by atoms with Gasteiger partial charge in [0.1, 0.15) is 4.99 Å². The van der Waals surface area contributed by atoms with E-state index in [2.05, 4.69) is 9.62 Å². The van der Waals surface area contributed by atoms with Crippen molar-refractivity contribution in [2.75, 3.05) is 20.6 Å². The largest absolute Gasteiger partial charge is 0.389 e. The minimum absolute atomic E-state index is 0.0498. The van der Waals surface area contributed by atoms with Crippen LogP contribution in [0.4, 0.5) is 0 Å². The molecule has 1 aliphatic rings. The maximum Gasteiger partial charge on any atom is 0.240 e. The third kappa shape index (κ3) is 3.42. The SMILES string of the molecule is CN(C)C1(CNS(=O)(=O)c2ccc(C(N)=S)cc2)CCC1. The number of nitrogens with two attached hydrogens (primary N) is 1. The van der Waals surface area contributed by atoms with Gasteiger partial charge in [-0.2, -0.15) is 0 Å². The molecule has 1 aromatic rings. The molecule has 0 heterocycles. The monoisotopic (exact) mass is 327 g/mol. The van der Waals surface area contributed by atoms with Crippen LogP contribution in [0.1, 0.15) is 24.8 Å². The molecule has 0 amide bonds. The lowest BCUT2D eigenvalue weighted by Crippen LogP contribution is -2.57. The van der Waals surface area contributed by atoms with E-state index in [1.165, 1.54) is 12.1 Å². The zero-order chi connectivity index (χ0) is 15.7. The zero-order valence-corrected chi connectivity index (χ0v) is 13.9. The van der Waals surface area contributed by atoms with Crippen LogP contribution in [0.25, 0.3) is 0 Å². The molecule has 1 saturated carbocycles. The third-order valence-corrected chi connectivity index (χ3v) is 5.93. The van der Waals surface area contributed by atoms with Crippen LogP contribution in [0.15, 0.2) is 29.2 Å². The summed E-state index contributed by atoms with van der Waals surface area (Å²) in [6, 6.07) is 6.31. The third-order valence-electron chi connectivity index (χ3n) is 4.27.